The molecule has 7 heteroatoms. The number of carboxylic acid groups (broad SMARTS) is 1. The van der Waals surface area contributed by atoms with Crippen molar-refractivity contribution in [2.24, 2.45) is 7.05 Å². The van der Waals surface area contributed by atoms with Gasteiger partial charge in [0, 0.05) is 12.3 Å². The second kappa shape index (κ2) is 4.32. The van der Waals surface area contributed by atoms with E-state index in [9.17, 15) is 4.79 Å². The van der Waals surface area contributed by atoms with Crippen LogP contribution in [0.3, 0.4) is 0 Å². The van der Waals surface area contributed by atoms with Gasteiger partial charge < -0.3 is 10.8 Å². The first-order valence-electron chi connectivity index (χ1n) is 4.04. The molecule has 1 atom stereocenters. The first kappa shape index (κ1) is 10.8. The Bertz CT molecular complexity index is 338. The van der Waals surface area contributed by atoms with E-state index < -0.39 is 5.97 Å². The Balaban J connectivity index is 2.60. The molecule has 0 spiro atoms. The largest absolute Gasteiger partial charge is 0.481 e. The van der Waals surface area contributed by atoms with Crippen LogP contribution in [0, 0.1) is 0 Å². The molecule has 0 aliphatic carbocycles. The van der Waals surface area contributed by atoms with E-state index in [2.05, 4.69) is 10.2 Å². The van der Waals surface area contributed by atoms with Crippen molar-refractivity contribution in [1.29, 1.82) is 0 Å². The van der Waals surface area contributed by atoms with Gasteiger partial charge in [-0.3, -0.25) is 9.36 Å². The molecule has 1 unspecified atom stereocenters. The maximum atomic E-state index is 10.4. The molecule has 0 saturated carbocycles. The van der Waals surface area contributed by atoms with Crippen molar-refractivity contribution in [3.63, 3.8) is 0 Å². The number of hydrogen-bond acceptors (Lipinski definition) is 5. The lowest BCUT2D eigenvalue weighted by Gasteiger charge is -2.06. The van der Waals surface area contributed by atoms with Gasteiger partial charge in [-0.15, -0.1) is 10.2 Å². The van der Waals surface area contributed by atoms with Crippen LogP contribution in [-0.4, -0.2) is 31.1 Å². The molecule has 1 aromatic heterocycles. The number of nitrogens with two attached hydrogens (primary N) is 1. The zero-order chi connectivity index (χ0) is 10.7. The molecule has 0 aromatic carbocycles. The molecule has 0 saturated heterocycles. The van der Waals surface area contributed by atoms with E-state index in [1.807, 2.05) is 6.92 Å². The van der Waals surface area contributed by atoms with Crippen LogP contribution in [0.25, 0.3) is 0 Å². The second-order valence-corrected chi connectivity index (χ2v) is 4.33. The smallest absolute Gasteiger partial charge is 0.304 e. The minimum atomic E-state index is -0.819. The Hall–Kier alpha value is -1.24. The number of carboxylic acids is 1. The molecule has 0 amide bonds. The van der Waals surface area contributed by atoms with Crippen LogP contribution < -0.4 is 5.73 Å². The van der Waals surface area contributed by atoms with Crippen molar-refractivity contribution in [3.8, 4) is 0 Å². The number of nitrogens with zero attached hydrogens (tertiary/aromatic N) is 3. The summed E-state index contributed by atoms with van der Waals surface area (Å²) in [5, 5.41) is 16.6. The molecule has 14 heavy (non-hydrogen) atoms. The van der Waals surface area contributed by atoms with E-state index in [0.29, 0.717) is 11.1 Å². The standard InChI is InChI=1S/C7H12N4O2S/c1-4(3-5(12)13)14-7-10-9-6(8)11(7)2/h4H,3H2,1-2H3,(H2,8,9)(H,12,13). The summed E-state index contributed by atoms with van der Waals surface area (Å²) >= 11 is 1.35. The van der Waals surface area contributed by atoms with Crippen molar-refractivity contribution in [2.45, 2.75) is 23.8 Å². The quantitative estimate of drug-likeness (QED) is 0.705. The Morgan fingerprint density at radius 2 is 2.36 bits per heavy atom. The normalized spacial score (nSPS) is 12.7. The van der Waals surface area contributed by atoms with Gasteiger partial charge in [-0.1, -0.05) is 18.7 Å². The monoisotopic (exact) mass is 216 g/mol. The highest BCUT2D eigenvalue weighted by Gasteiger charge is 2.13. The van der Waals surface area contributed by atoms with Crippen LogP contribution in [0.1, 0.15) is 13.3 Å². The molecular formula is C7H12N4O2S. The first-order valence-corrected chi connectivity index (χ1v) is 4.92. The fourth-order valence-electron chi connectivity index (χ4n) is 0.896. The molecule has 0 aliphatic heterocycles. The molecular weight excluding hydrogens is 204 g/mol. The third-order valence-electron chi connectivity index (χ3n) is 1.64. The highest BCUT2D eigenvalue weighted by atomic mass is 32.2. The molecule has 3 N–H and O–H groups in total. The maximum absolute atomic E-state index is 10.4. The number of nitrogen functional groups attached to an aromatic ring is 1. The molecule has 0 fully saturated rings. The fourth-order valence-corrected chi connectivity index (χ4v) is 1.82. The number of aromatic nitrogens is 3. The summed E-state index contributed by atoms with van der Waals surface area (Å²) in [5.41, 5.74) is 5.48. The summed E-state index contributed by atoms with van der Waals surface area (Å²) in [6.07, 6.45) is 0.0947. The Morgan fingerprint density at radius 3 is 2.79 bits per heavy atom. The van der Waals surface area contributed by atoms with Gasteiger partial charge >= 0.3 is 5.97 Å². The minimum absolute atomic E-state index is 0.0465. The second-order valence-electron chi connectivity index (χ2n) is 2.93. The lowest BCUT2D eigenvalue weighted by atomic mass is 10.3. The highest BCUT2D eigenvalue weighted by molar-refractivity contribution is 7.99. The SMILES string of the molecule is CC(CC(=O)O)Sc1nnc(N)n1C. The summed E-state index contributed by atoms with van der Waals surface area (Å²) in [4.78, 5) is 10.4. The van der Waals surface area contributed by atoms with Crippen LogP contribution >= 0.6 is 11.8 Å². The Morgan fingerprint density at radius 1 is 1.71 bits per heavy atom. The van der Waals surface area contributed by atoms with E-state index in [1.165, 1.54) is 11.8 Å². The minimum Gasteiger partial charge on any atom is -0.481 e. The van der Waals surface area contributed by atoms with Crippen LogP contribution in [0.2, 0.25) is 0 Å². The maximum Gasteiger partial charge on any atom is 0.304 e. The summed E-state index contributed by atoms with van der Waals surface area (Å²) < 4.78 is 1.63. The zero-order valence-corrected chi connectivity index (χ0v) is 8.78. The van der Waals surface area contributed by atoms with Gasteiger partial charge in [0.1, 0.15) is 0 Å². The number of carbonyl (C=O) groups is 1. The van der Waals surface area contributed by atoms with Crippen molar-refractivity contribution < 1.29 is 9.90 Å². The van der Waals surface area contributed by atoms with Crippen molar-refractivity contribution in [3.05, 3.63) is 0 Å². The van der Waals surface area contributed by atoms with Crippen LogP contribution in [0.15, 0.2) is 5.16 Å². The van der Waals surface area contributed by atoms with Gasteiger partial charge in [0.15, 0.2) is 5.16 Å². The fraction of sp³-hybridized carbons (Fsp3) is 0.571. The van der Waals surface area contributed by atoms with E-state index in [-0.39, 0.29) is 11.7 Å². The van der Waals surface area contributed by atoms with E-state index >= 15 is 0 Å². The number of anilines is 1. The number of aliphatic carboxylic acids is 1. The summed E-state index contributed by atoms with van der Waals surface area (Å²) in [5.74, 6) is -0.491. The third kappa shape index (κ3) is 2.63. The summed E-state index contributed by atoms with van der Waals surface area (Å²) in [7, 11) is 1.74. The summed E-state index contributed by atoms with van der Waals surface area (Å²) in [6.45, 7) is 1.82. The highest BCUT2D eigenvalue weighted by Crippen LogP contribution is 2.23. The molecule has 0 radical (unpaired) electrons. The molecule has 78 valence electrons. The van der Waals surface area contributed by atoms with Gasteiger partial charge in [0.25, 0.3) is 0 Å². The Kier molecular flexibility index (Phi) is 3.34. The average molecular weight is 216 g/mol. The summed E-state index contributed by atoms with van der Waals surface area (Å²) in [6, 6.07) is 0. The lowest BCUT2D eigenvalue weighted by Crippen LogP contribution is -2.07. The number of hydrogen-bond donors (Lipinski definition) is 2. The molecule has 1 aromatic rings. The van der Waals surface area contributed by atoms with E-state index in [1.54, 1.807) is 11.6 Å². The topological polar surface area (TPSA) is 94.0 Å². The van der Waals surface area contributed by atoms with Crippen molar-refractivity contribution >= 4 is 23.7 Å². The van der Waals surface area contributed by atoms with Gasteiger partial charge in [-0.25, -0.2) is 0 Å². The van der Waals surface area contributed by atoms with Crippen LogP contribution in [-0.2, 0) is 11.8 Å². The number of thioether (sulfide) groups is 1. The molecule has 1 heterocycles. The number of rotatable bonds is 4. The van der Waals surface area contributed by atoms with Crippen LogP contribution in [0.4, 0.5) is 5.95 Å². The predicted molar refractivity (Wildman–Crippen MR) is 53.0 cm³/mol. The molecule has 6 nitrogen and oxygen atoms in total. The van der Waals surface area contributed by atoms with Gasteiger partial charge in [0.05, 0.1) is 6.42 Å². The third-order valence-corrected chi connectivity index (χ3v) is 2.77. The Labute approximate surface area is 85.5 Å². The predicted octanol–water partition coefficient (Wildman–Crippen LogP) is 0.353. The lowest BCUT2D eigenvalue weighted by molar-refractivity contribution is -0.136. The van der Waals surface area contributed by atoms with Crippen molar-refractivity contribution in [1.82, 2.24) is 14.8 Å². The first-order chi connectivity index (χ1) is 6.50. The zero-order valence-electron chi connectivity index (χ0n) is 7.97. The van der Waals surface area contributed by atoms with Crippen molar-refractivity contribution in [2.75, 3.05) is 5.73 Å². The molecule has 0 bridgehead atoms. The van der Waals surface area contributed by atoms with Gasteiger partial charge in [0.2, 0.25) is 5.95 Å². The van der Waals surface area contributed by atoms with E-state index in [4.69, 9.17) is 10.8 Å². The van der Waals surface area contributed by atoms with Gasteiger partial charge in [-0.05, 0) is 0 Å². The van der Waals surface area contributed by atoms with Gasteiger partial charge in [-0.2, -0.15) is 0 Å². The van der Waals surface area contributed by atoms with E-state index in [0.717, 1.165) is 0 Å². The average Bonchev–Trinajstić information content (AvgIpc) is 2.34. The van der Waals surface area contributed by atoms with Crippen LogP contribution in [0.5, 0.6) is 0 Å². The molecule has 0 aliphatic rings. The molecule has 1 rings (SSSR count).